The van der Waals surface area contributed by atoms with E-state index in [2.05, 4.69) is 25.9 Å². The third-order valence-electron chi connectivity index (χ3n) is 2.24. The van der Waals surface area contributed by atoms with E-state index < -0.39 is 0 Å². The lowest BCUT2D eigenvalue weighted by Crippen LogP contribution is -1.97. The minimum Gasteiger partial charge on any atom is -0.417 e. The van der Waals surface area contributed by atoms with Crippen LogP contribution in [0.1, 0.15) is 25.8 Å². The van der Waals surface area contributed by atoms with E-state index in [0.717, 1.165) is 12.0 Å². The Hall–Kier alpha value is -1.46. The summed E-state index contributed by atoms with van der Waals surface area (Å²) in [6.07, 6.45) is 3.69. The molecule has 2 nitrogen and oxygen atoms in total. The molecular weight excluding hydrogens is 200 g/mol. The molecule has 0 aliphatic carbocycles. The van der Waals surface area contributed by atoms with E-state index in [1.54, 1.807) is 0 Å². The maximum absolute atomic E-state index is 5.31. The first-order valence-electron chi connectivity index (χ1n) is 5.57. The quantitative estimate of drug-likeness (QED) is 0.429. The lowest BCUT2D eigenvalue weighted by molar-refractivity contribution is -0.0117. The van der Waals surface area contributed by atoms with Gasteiger partial charge in [0.05, 0.1) is 6.61 Å². The predicted molar refractivity (Wildman–Crippen MR) is 64.4 cm³/mol. The smallest absolute Gasteiger partial charge is 0.199 e. The fraction of sp³-hybridized carbons (Fsp3) is 0.429. The van der Waals surface area contributed by atoms with Crippen molar-refractivity contribution in [3.63, 3.8) is 0 Å². The van der Waals surface area contributed by atoms with Crippen LogP contribution in [0, 0.1) is 17.9 Å². The van der Waals surface area contributed by atoms with Crippen LogP contribution >= 0.6 is 0 Å². The monoisotopic (exact) mass is 218 g/mol. The molecule has 0 heterocycles. The largest absolute Gasteiger partial charge is 0.417 e. The van der Waals surface area contributed by atoms with Gasteiger partial charge in [-0.05, 0) is 12.0 Å². The number of hydrogen-bond donors (Lipinski definition) is 0. The zero-order chi connectivity index (χ0) is 11.6. The van der Waals surface area contributed by atoms with E-state index in [-0.39, 0.29) is 6.79 Å². The minimum atomic E-state index is 0.221. The molecule has 0 radical (unpaired) electrons. The van der Waals surface area contributed by atoms with Crippen LogP contribution in [0.3, 0.4) is 0 Å². The Morgan fingerprint density at radius 1 is 1.25 bits per heavy atom. The highest BCUT2D eigenvalue weighted by molar-refractivity contribution is 5.13. The normalized spacial score (nSPS) is 11.4. The third kappa shape index (κ3) is 5.43. The minimum absolute atomic E-state index is 0.221. The number of benzene rings is 1. The van der Waals surface area contributed by atoms with Crippen molar-refractivity contribution < 1.29 is 9.47 Å². The molecule has 0 bridgehead atoms. The van der Waals surface area contributed by atoms with E-state index >= 15 is 0 Å². The van der Waals surface area contributed by atoms with Gasteiger partial charge in [-0.2, -0.15) is 0 Å². The zero-order valence-electron chi connectivity index (χ0n) is 9.90. The summed E-state index contributed by atoms with van der Waals surface area (Å²) in [6.45, 7) is 4.95. The lowest BCUT2D eigenvalue weighted by atomic mass is 10.1. The molecule has 0 aromatic heterocycles. The Labute approximate surface area is 97.6 Å². The van der Waals surface area contributed by atoms with E-state index in [0.29, 0.717) is 12.5 Å². The zero-order valence-corrected chi connectivity index (χ0v) is 9.90. The van der Waals surface area contributed by atoms with Crippen LogP contribution in [-0.2, 0) is 16.1 Å². The molecule has 86 valence electrons. The van der Waals surface area contributed by atoms with Gasteiger partial charge in [0.25, 0.3) is 0 Å². The van der Waals surface area contributed by atoms with Gasteiger partial charge in [0.15, 0.2) is 6.79 Å². The van der Waals surface area contributed by atoms with Gasteiger partial charge in [-0.25, -0.2) is 0 Å². The van der Waals surface area contributed by atoms with E-state index in [4.69, 9.17) is 9.47 Å². The summed E-state index contributed by atoms with van der Waals surface area (Å²) < 4.78 is 10.4. The molecule has 0 saturated carbocycles. The van der Waals surface area contributed by atoms with Crippen molar-refractivity contribution in [3.05, 3.63) is 35.9 Å². The Morgan fingerprint density at radius 2 is 2.00 bits per heavy atom. The van der Waals surface area contributed by atoms with Gasteiger partial charge in [0, 0.05) is 5.92 Å². The average Bonchev–Trinajstić information content (AvgIpc) is 2.34. The van der Waals surface area contributed by atoms with E-state index in [1.807, 2.05) is 30.3 Å². The molecule has 0 fully saturated rings. The summed E-state index contributed by atoms with van der Waals surface area (Å²) in [5.74, 6) is 3.36. The second-order valence-electron chi connectivity index (χ2n) is 3.65. The molecule has 1 aromatic rings. The maximum atomic E-state index is 5.31. The lowest BCUT2D eigenvalue weighted by Gasteiger charge is -2.02. The van der Waals surface area contributed by atoms with Crippen molar-refractivity contribution in [1.82, 2.24) is 0 Å². The second kappa shape index (κ2) is 7.78. The van der Waals surface area contributed by atoms with Gasteiger partial charge >= 0.3 is 0 Å². The molecule has 1 rings (SSSR count). The Bertz CT molecular complexity index is 335. The topological polar surface area (TPSA) is 18.5 Å². The summed E-state index contributed by atoms with van der Waals surface area (Å²) in [4.78, 5) is 0. The molecule has 0 saturated heterocycles. The Kier molecular flexibility index (Phi) is 6.13. The van der Waals surface area contributed by atoms with Crippen LogP contribution < -0.4 is 0 Å². The highest BCUT2D eigenvalue weighted by Crippen LogP contribution is 2.00. The first kappa shape index (κ1) is 12.6. The molecule has 0 aliphatic heterocycles. The van der Waals surface area contributed by atoms with Gasteiger partial charge < -0.3 is 9.47 Å². The third-order valence-corrected chi connectivity index (χ3v) is 2.24. The van der Waals surface area contributed by atoms with Gasteiger partial charge in [-0.1, -0.05) is 50.1 Å². The summed E-state index contributed by atoms with van der Waals surface area (Å²) in [5.41, 5.74) is 1.14. The Morgan fingerprint density at radius 3 is 2.69 bits per heavy atom. The first-order chi connectivity index (χ1) is 7.83. The highest BCUT2D eigenvalue weighted by atomic mass is 16.7. The van der Waals surface area contributed by atoms with Crippen molar-refractivity contribution in [2.24, 2.45) is 5.92 Å². The van der Waals surface area contributed by atoms with Gasteiger partial charge in [0.2, 0.25) is 0 Å². The van der Waals surface area contributed by atoms with Gasteiger partial charge in [0.1, 0.15) is 6.11 Å². The van der Waals surface area contributed by atoms with Gasteiger partial charge in [-0.15, -0.1) is 0 Å². The predicted octanol–water partition coefficient (Wildman–Crippen LogP) is 3.18. The molecule has 2 heteroatoms. The molecule has 0 aliphatic rings. The highest BCUT2D eigenvalue weighted by Gasteiger charge is 1.91. The molecule has 0 amide bonds. The molecule has 1 unspecified atom stereocenters. The van der Waals surface area contributed by atoms with Crippen LogP contribution in [0.25, 0.3) is 0 Å². The first-order valence-corrected chi connectivity index (χ1v) is 5.57. The van der Waals surface area contributed by atoms with Crippen molar-refractivity contribution in [1.29, 1.82) is 0 Å². The summed E-state index contributed by atoms with van der Waals surface area (Å²) in [5, 5.41) is 0. The van der Waals surface area contributed by atoms with Crippen LogP contribution in [0.2, 0.25) is 0 Å². The van der Waals surface area contributed by atoms with Gasteiger partial charge in [-0.3, -0.25) is 0 Å². The summed E-state index contributed by atoms with van der Waals surface area (Å²) in [6, 6.07) is 10.00. The summed E-state index contributed by atoms with van der Waals surface area (Å²) >= 11 is 0. The molecule has 1 atom stereocenters. The second-order valence-corrected chi connectivity index (χ2v) is 3.65. The Balaban J connectivity index is 2.10. The average molecular weight is 218 g/mol. The van der Waals surface area contributed by atoms with Crippen molar-refractivity contribution in [2.75, 3.05) is 6.79 Å². The number of ether oxygens (including phenoxy) is 2. The van der Waals surface area contributed by atoms with Crippen molar-refractivity contribution >= 4 is 0 Å². The number of hydrogen-bond acceptors (Lipinski definition) is 2. The summed E-state index contributed by atoms with van der Waals surface area (Å²) in [7, 11) is 0. The van der Waals surface area contributed by atoms with Crippen LogP contribution in [0.5, 0.6) is 0 Å². The van der Waals surface area contributed by atoms with Crippen LogP contribution in [0.4, 0.5) is 0 Å². The molecular formula is C14H18O2. The fourth-order valence-electron chi connectivity index (χ4n) is 1.05. The maximum Gasteiger partial charge on any atom is 0.199 e. The van der Waals surface area contributed by atoms with E-state index in [1.165, 1.54) is 0 Å². The van der Waals surface area contributed by atoms with Crippen molar-refractivity contribution in [3.8, 4) is 12.0 Å². The SMILES string of the molecule is CCC(C)C#COCOCc1ccccc1. The van der Waals surface area contributed by atoms with Crippen molar-refractivity contribution in [2.45, 2.75) is 26.9 Å². The molecule has 1 aromatic carbocycles. The fourth-order valence-corrected chi connectivity index (χ4v) is 1.05. The molecule has 0 spiro atoms. The molecule has 0 N–H and O–H groups in total. The van der Waals surface area contributed by atoms with E-state index in [9.17, 15) is 0 Å². The molecule has 16 heavy (non-hydrogen) atoms. The van der Waals surface area contributed by atoms with Crippen LogP contribution in [0.15, 0.2) is 30.3 Å². The number of rotatable bonds is 5. The standard InChI is InChI=1S/C14H18O2/c1-3-13(2)9-10-15-12-16-11-14-7-5-4-6-8-14/h4-8,13H,3,11-12H2,1-2H3. The van der Waals surface area contributed by atoms with Crippen LogP contribution in [-0.4, -0.2) is 6.79 Å².